The van der Waals surface area contributed by atoms with Crippen LogP contribution in [0, 0.1) is 11.3 Å². The summed E-state index contributed by atoms with van der Waals surface area (Å²) < 4.78 is 2.06. The number of nitriles is 1. The second-order valence-corrected chi connectivity index (χ2v) is 5.63. The number of ketones is 1. The van der Waals surface area contributed by atoms with Crippen molar-refractivity contribution in [3.8, 4) is 6.07 Å². The van der Waals surface area contributed by atoms with Gasteiger partial charge in [0.25, 0.3) is 0 Å². The maximum Gasteiger partial charge on any atom is 0.165 e. The van der Waals surface area contributed by atoms with E-state index in [9.17, 15) is 10.1 Å². The normalized spacial score (nSPS) is 10.6. The van der Waals surface area contributed by atoms with Crippen molar-refractivity contribution >= 4 is 16.7 Å². The van der Waals surface area contributed by atoms with E-state index in [1.54, 1.807) is 0 Å². The highest BCUT2D eigenvalue weighted by atomic mass is 16.1. The van der Waals surface area contributed by atoms with Gasteiger partial charge in [-0.25, -0.2) is 0 Å². The van der Waals surface area contributed by atoms with Gasteiger partial charge in [0, 0.05) is 35.6 Å². The summed E-state index contributed by atoms with van der Waals surface area (Å²) in [7, 11) is 0. The van der Waals surface area contributed by atoms with Gasteiger partial charge in [-0.2, -0.15) is 5.26 Å². The molecule has 0 fully saturated rings. The topological polar surface area (TPSA) is 45.8 Å². The number of carbonyl (C=O) groups is 1. The number of para-hydroxylation sites is 1. The maximum atomic E-state index is 12.4. The van der Waals surface area contributed by atoms with Gasteiger partial charge in [0.2, 0.25) is 0 Å². The molecule has 0 atom stereocenters. The number of nitrogens with zero attached hydrogens (tertiary/aromatic N) is 2. The van der Waals surface area contributed by atoms with Gasteiger partial charge in [-0.15, -0.1) is 0 Å². The Morgan fingerprint density at radius 1 is 1.13 bits per heavy atom. The number of carbonyl (C=O) groups excluding carboxylic acids is 1. The molecule has 0 N–H and O–H groups in total. The Balaban J connectivity index is 2.08. The van der Waals surface area contributed by atoms with Crippen molar-refractivity contribution in [3.05, 3.63) is 71.4 Å². The van der Waals surface area contributed by atoms with E-state index >= 15 is 0 Å². The van der Waals surface area contributed by atoms with Crippen LogP contribution in [0.25, 0.3) is 10.9 Å². The van der Waals surface area contributed by atoms with E-state index in [2.05, 4.69) is 10.6 Å². The fourth-order valence-corrected chi connectivity index (χ4v) is 2.91. The third-order valence-electron chi connectivity index (χ3n) is 4.04. The molecule has 2 aromatic carbocycles. The molecule has 0 saturated carbocycles. The standard InChI is InChI=1S/C20H18N2O/c1-2-7-20(23)18-14-22(19-11-6-5-10-17(18)19)13-16-9-4-3-8-15(16)12-21/h3-6,8-11,14H,2,7,13H2,1H3. The summed E-state index contributed by atoms with van der Waals surface area (Å²) in [6.45, 7) is 2.60. The van der Waals surface area contributed by atoms with E-state index in [4.69, 9.17) is 0 Å². The van der Waals surface area contributed by atoms with Crippen LogP contribution in [0.2, 0.25) is 0 Å². The van der Waals surface area contributed by atoms with E-state index < -0.39 is 0 Å². The van der Waals surface area contributed by atoms with Crippen LogP contribution in [0.5, 0.6) is 0 Å². The van der Waals surface area contributed by atoms with E-state index in [1.165, 1.54) is 0 Å². The minimum absolute atomic E-state index is 0.177. The van der Waals surface area contributed by atoms with Crippen LogP contribution in [-0.2, 0) is 6.54 Å². The van der Waals surface area contributed by atoms with Gasteiger partial charge in [-0.3, -0.25) is 4.79 Å². The van der Waals surface area contributed by atoms with Crippen LogP contribution in [-0.4, -0.2) is 10.4 Å². The molecular weight excluding hydrogens is 284 g/mol. The number of hydrogen-bond donors (Lipinski definition) is 0. The van der Waals surface area contributed by atoms with Crippen LogP contribution < -0.4 is 0 Å². The number of fused-ring (bicyclic) bond motifs is 1. The molecule has 3 nitrogen and oxygen atoms in total. The number of benzene rings is 2. The Labute approximate surface area is 135 Å². The largest absolute Gasteiger partial charge is 0.342 e. The first kappa shape index (κ1) is 15.1. The first-order chi connectivity index (χ1) is 11.2. The lowest BCUT2D eigenvalue weighted by molar-refractivity contribution is 0.0983. The second-order valence-electron chi connectivity index (χ2n) is 5.63. The first-order valence-electron chi connectivity index (χ1n) is 7.83. The van der Waals surface area contributed by atoms with Gasteiger partial charge >= 0.3 is 0 Å². The molecule has 0 aliphatic heterocycles. The molecule has 0 saturated heterocycles. The fourth-order valence-electron chi connectivity index (χ4n) is 2.91. The molecule has 0 spiro atoms. The lowest BCUT2D eigenvalue weighted by Gasteiger charge is -2.07. The summed E-state index contributed by atoms with van der Waals surface area (Å²) in [5.41, 5.74) is 3.44. The average Bonchev–Trinajstić information content (AvgIpc) is 2.95. The molecule has 0 aliphatic carbocycles. The van der Waals surface area contributed by atoms with Crippen LogP contribution in [0.4, 0.5) is 0 Å². The molecule has 0 amide bonds. The summed E-state index contributed by atoms with van der Waals surface area (Å²) in [4.78, 5) is 12.4. The van der Waals surface area contributed by atoms with E-state index in [1.807, 2.05) is 61.7 Å². The van der Waals surface area contributed by atoms with Gasteiger partial charge in [-0.1, -0.05) is 43.3 Å². The van der Waals surface area contributed by atoms with Crippen molar-refractivity contribution in [2.24, 2.45) is 0 Å². The Kier molecular flexibility index (Phi) is 4.25. The van der Waals surface area contributed by atoms with E-state index in [0.717, 1.165) is 28.5 Å². The zero-order chi connectivity index (χ0) is 16.2. The fraction of sp³-hybridized carbons (Fsp3) is 0.200. The van der Waals surface area contributed by atoms with Crippen molar-refractivity contribution in [3.63, 3.8) is 0 Å². The number of hydrogen-bond acceptors (Lipinski definition) is 2. The van der Waals surface area contributed by atoms with Crippen molar-refractivity contribution in [1.82, 2.24) is 4.57 Å². The van der Waals surface area contributed by atoms with Crippen LogP contribution in [0.1, 0.15) is 41.3 Å². The maximum absolute atomic E-state index is 12.4. The zero-order valence-corrected chi connectivity index (χ0v) is 13.1. The summed E-state index contributed by atoms with van der Waals surface area (Å²) >= 11 is 0. The van der Waals surface area contributed by atoms with Crippen molar-refractivity contribution in [1.29, 1.82) is 5.26 Å². The summed E-state index contributed by atoms with van der Waals surface area (Å²) in [6, 6.07) is 17.8. The second kappa shape index (κ2) is 6.50. The number of rotatable bonds is 5. The Bertz CT molecular complexity index is 899. The third kappa shape index (κ3) is 2.89. The van der Waals surface area contributed by atoms with Gasteiger partial charge < -0.3 is 4.57 Å². The first-order valence-corrected chi connectivity index (χ1v) is 7.83. The summed E-state index contributed by atoms with van der Waals surface area (Å²) in [5, 5.41) is 10.2. The molecule has 23 heavy (non-hydrogen) atoms. The van der Waals surface area contributed by atoms with Crippen LogP contribution in [0.15, 0.2) is 54.7 Å². The monoisotopic (exact) mass is 302 g/mol. The Hall–Kier alpha value is -2.86. The van der Waals surface area contributed by atoms with Crippen LogP contribution >= 0.6 is 0 Å². The predicted molar refractivity (Wildman–Crippen MR) is 91.4 cm³/mol. The summed E-state index contributed by atoms with van der Waals surface area (Å²) in [5.74, 6) is 0.177. The molecule has 3 aromatic rings. The van der Waals surface area contributed by atoms with Crippen molar-refractivity contribution in [2.75, 3.05) is 0 Å². The minimum atomic E-state index is 0.177. The zero-order valence-electron chi connectivity index (χ0n) is 13.1. The van der Waals surface area contributed by atoms with Crippen LogP contribution in [0.3, 0.4) is 0 Å². The number of aromatic nitrogens is 1. The highest BCUT2D eigenvalue weighted by Gasteiger charge is 2.14. The Morgan fingerprint density at radius 2 is 1.87 bits per heavy atom. The molecule has 3 rings (SSSR count). The molecule has 0 bridgehead atoms. The predicted octanol–water partition coefficient (Wildman–Crippen LogP) is 4.54. The quantitative estimate of drug-likeness (QED) is 0.649. The van der Waals surface area contributed by atoms with Gasteiger partial charge in [0.15, 0.2) is 5.78 Å². The van der Waals surface area contributed by atoms with Crippen molar-refractivity contribution in [2.45, 2.75) is 26.3 Å². The lowest BCUT2D eigenvalue weighted by atomic mass is 10.1. The van der Waals surface area contributed by atoms with Gasteiger partial charge in [-0.05, 0) is 24.1 Å². The van der Waals surface area contributed by atoms with E-state index in [-0.39, 0.29) is 5.78 Å². The molecule has 114 valence electrons. The molecule has 0 radical (unpaired) electrons. The summed E-state index contributed by atoms with van der Waals surface area (Å²) in [6.07, 6.45) is 3.33. The Morgan fingerprint density at radius 3 is 2.65 bits per heavy atom. The molecule has 3 heteroatoms. The van der Waals surface area contributed by atoms with E-state index in [0.29, 0.717) is 18.5 Å². The minimum Gasteiger partial charge on any atom is -0.342 e. The molecule has 0 aliphatic rings. The lowest BCUT2D eigenvalue weighted by Crippen LogP contribution is -2.01. The average molecular weight is 302 g/mol. The third-order valence-corrected chi connectivity index (χ3v) is 4.04. The SMILES string of the molecule is CCCC(=O)c1cn(Cc2ccccc2C#N)c2ccccc12. The molecule has 1 aromatic heterocycles. The molecule has 1 heterocycles. The van der Waals surface area contributed by atoms with Gasteiger partial charge in [0.1, 0.15) is 0 Å². The van der Waals surface area contributed by atoms with Crippen molar-refractivity contribution < 1.29 is 4.79 Å². The van der Waals surface area contributed by atoms with Gasteiger partial charge in [0.05, 0.1) is 11.6 Å². The highest BCUT2D eigenvalue weighted by molar-refractivity contribution is 6.08. The molecule has 0 unspecified atom stereocenters. The number of Topliss-reactive ketones (excluding diaryl/α,β-unsaturated/α-hetero) is 1. The highest BCUT2D eigenvalue weighted by Crippen LogP contribution is 2.24. The smallest absolute Gasteiger partial charge is 0.165 e. The molecular formula is C20H18N2O.